The zero-order valence-electron chi connectivity index (χ0n) is 14.5. The molecule has 1 fully saturated rings. The monoisotopic (exact) mass is 326 g/mol. The van der Waals surface area contributed by atoms with Crippen LogP contribution in [0.25, 0.3) is 0 Å². The average molecular weight is 326 g/mol. The second-order valence-electron chi connectivity index (χ2n) is 6.69. The summed E-state index contributed by atoms with van der Waals surface area (Å²) in [5, 5.41) is 10.5. The van der Waals surface area contributed by atoms with Crippen molar-refractivity contribution >= 4 is 5.82 Å². The van der Waals surface area contributed by atoms with E-state index in [9.17, 15) is 5.11 Å². The van der Waals surface area contributed by atoms with Gasteiger partial charge in [-0.2, -0.15) is 0 Å². The minimum absolute atomic E-state index is 0.436. The summed E-state index contributed by atoms with van der Waals surface area (Å²) < 4.78 is 0. The third-order valence-electron chi connectivity index (χ3n) is 4.66. The van der Waals surface area contributed by atoms with Crippen molar-refractivity contribution in [2.45, 2.75) is 25.9 Å². The van der Waals surface area contributed by atoms with E-state index in [1.54, 1.807) is 18.6 Å². The smallest absolute Gasteiger partial charge is 0.147 e. The predicted octanol–water partition coefficient (Wildman–Crippen LogP) is 2.46. The van der Waals surface area contributed by atoms with Crippen molar-refractivity contribution in [2.24, 2.45) is 0 Å². The predicted molar refractivity (Wildman–Crippen MR) is 96.2 cm³/mol. The summed E-state index contributed by atoms with van der Waals surface area (Å²) in [5.74, 6) is 1.45. The van der Waals surface area contributed by atoms with Crippen LogP contribution in [0.5, 0.6) is 0 Å². The Morgan fingerprint density at radius 3 is 2.25 bits per heavy atom. The van der Waals surface area contributed by atoms with E-state index in [1.807, 2.05) is 0 Å². The fraction of sp³-hybridized carbons (Fsp3) is 0.474. The largest absolute Gasteiger partial charge is 0.387 e. The van der Waals surface area contributed by atoms with Crippen LogP contribution in [0.1, 0.15) is 37.0 Å². The van der Waals surface area contributed by atoms with Crippen molar-refractivity contribution in [3.63, 3.8) is 0 Å². The summed E-state index contributed by atoms with van der Waals surface area (Å²) >= 11 is 0. The molecule has 3 rings (SSSR count). The van der Waals surface area contributed by atoms with Crippen LogP contribution in [0.15, 0.2) is 42.9 Å². The summed E-state index contributed by atoms with van der Waals surface area (Å²) in [5.41, 5.74) is 2.30. The van der Waals surface area contributed by atoms with Crippen LogP contribution in [0.2, 0.25) is 0 Å². The van der Waals surface area contributed by atoms with E-state index in [4.69, 9.17) is 0 Å². The third kappa shape index (κ3) is 4.10. The maximum atomic E-state index is 10.5. The molecule has 5 nitrogen and oxygen atoms in total. The number of benzene rings is 1. The molecule has 24 heavy (non-hydrogen) atoms. The SMILES string of the molecule is CC(C)c1ccc([C@H](O)CN2CCN(c3cnccn3)CC2)cc1. The zero-order chi connectivity index (χ0) is 16.9. The van der Waals surface area contributed by atoms with Gasteiger partial charge >= 0.3 is 0 Å². The number of rotatable bonds is 5. The number of anilines is 1. The Hall–Kier alpha value is -1.98. The van der Waals surface area contributed by atoms with Crippen molar-refractivity contribution < 1.29 is 5.11 Å². The van der Waals surface area contributed by atoms with Gasteiger partial charge < -0.3 is 10.0 Å². The van der Waals surface area contributed by atoms with E-state index in [2.05, 4.69) is 57.9 Å². The summed E-state index contributed by atoms with van der Waals surface area (Å²) in [7, 11) is 0. The fourth-order valence-corrected chi connectivity index (χ4v) is 3.07. The number of aliphatic hydroxyl groups is 1. The maximum absolute atomic E-state index is 10.5. The minimum Gasteiger partial charge on any atom is -0.387 e. The molecule has 1 saturated heterocycles. The number of aliphatic hydroxyl groups excluding tert-OH is 1. The highest BCUT2D eigenvalue weighted by Gasteiger charge is 2.20. The van der Waals surface area contributed by atoms with Crippen LogP contribution in [0.4, 0.5) is 5.82 Å². The molecule has 0 unspecified atom stereocenters. The molecule has 1 N–H and O–H groups in total. The minimum atomic E-state index is -0.436. The highest BCUT2D eigenvalue weighted by molar-refractivity contribution is 5.35. The van der Waals surface area contributed by atoms with Crippen LogP contribution in [0, 0.1) is 0 Å². The van der Waals surface area contributed by atoms with E-state index in [0.717, 1.165) is 37.6 Å². The molecule has 0 bridgehead atoms. The Morgan fingerprint density at radius 1 is 1.00 bits per heavy atom. The third-order valence-corrected chi connectivity index (χ3v) is 4.66. The number of aromatic nitrogens is 2. The summed E-state index contributed by atoms with van der Waals surface area (Å²) in [4.78, 5) is 13.0. The van der Waals surface area contributed by atoms with Crippen molar-refractivity contribution in [1.82, 2.24) is 14.9 Å². The molecule has 2 heterocycles. The summed E-state index contributed by atoms with van der Waals surface area (Å²) in [6, 6.07) is 8.34. The molecule has 0 spiro atoms. The molecule has 1 atom stereocenters. The standard InChI is InChI=1S/C19H26N4O/c1-15(2)16-3-5-17(6-4-16)18(24)14-22-9-11-23(12-10-22)19-13-20-7-8-21-19/h3-8,13,15,18,24H,9-12,14H2,1-2H3/t18-/m1/s1. The van der Waals surface area contributed by atoms with Crippen LogP contribution in [-0.2, 0) is 0 Å². The molecule has 0 saturated carbocycles. The molecule has 0 amide bonds. The lowest BCUT2D eigenvalue weighted by atomic mass is 10.00. The first-order chi connectivity index (χ1) is 11.6. The number of hydrogen-bond acceptors (Lipinski definition) is 5. The molecule has 1 aromatic heterocycles. The molecule has 0 aliphatic carbocycles. The number of piperazine rings is 1. The van der Waals surface area contributed by atoms with E-state index in [-0.39, 0.29) is 0 Å². The quantitative estimate of drug-likeness (QED) is 0.915. The van der Waals surface area contributed by atoms with Crippen LogP contribution < -0.4 is 4.90 Å². The molecule has 1 aliphatic rings. The first-order valence-corrected chi connectivity index (χ1v) is 8.64. The Morgan fingerprint density at radius 2 is 1.67 bits per heavy atom. The van der Waals surface area contributed by atoms with Gasteiger partial charge in [0.15, 0.2) is 0 Å². The van der Waals surface area contributed by atoms with Crippen molar-refractivity contribution in [3.8, 4) is 0 Å². The molecular formula is C19H26N4O. The molecule has 1 aliphatic heterocycles. The van der Waals surface area contributed by atoms with Crippen LogP contribution in [0.3, 0.4) is 0 Å². The molecule has 5 heteroatoms. The fourth-order valence-electron chi connectivity index (χ4n) is 3.07. The van der Waals surface area contributed by atoms with Gasteiger partial charge in [-0.1, -0.05) is 38.1 Å². The van der Waals surface area contributed by atoms with Gasteiger partial charge in [-0.15, -0.1) is 0 Å². The van der Waals surface area contributed by atoms with Crippen LogP contribution in [-0.4, -0.2) is 52.7 Å². The van der Waals surface area contributed by atoms with Gasteiger partial charge in [-0.25, -0.2) is 4.98 Å². The highest BCUT2D eigenvalue weighted by atomic mass is 16.3. The van der Waals surface area contributed by atoms with Crippen molar-refractivity contribution in [2.75, 3.05) is 37.6 Å². The number of hydrogen-bond donors (Lipinski definition) is 1. The summed E-state index contributed by atoms with van der Waals surface area (Å²) in [6.45, 7) is 8.73. The normalized spacial score (nSPS) is 17.2. The lowest BCUT2D eigenvalue weighted by Gasteiger charge is -2.36. The number of β-amino-alcohol motifs (C(OH)–C–C–N with tert-alkyl or cyclic N) is 1. The van der Waals surface area contributed by atoms with E-state index >= 15 is 0 Å². The van der Waals surface area contributed by atoms with Crippen LogP contribution >= 0.6 is 0 Å². The second kappa shape index (κ2) is 7.73. The van der Waals surface area contributed by atoms with Gasteiger partial charge in [-0.3, -0.25) is 9.88 Å². The molecule has 2 aromatic rings. The van der Waals surface area contributed by atoms with Gasteiger partial charge in [0.25, 0.3) is 0 Å². The number of nitrogens with zero attached hydrogens (tertiary/aromatic N) is 4. The first-order valence-electron chi connectivity index (χ1n) is 8.64. The average Bonchev–Trinajstić information content (AvgIpc) is 2.63. The Labute approximate surface area is 144 Å². The van der Waals surface area contributed by atoms with E-state index < -0.39 is 6.10 Å². The molecular weight excluding hydrogens is 300 g/mol. The summed E-state index contributed by atoms with van der Waals surface area (Å²) in [6.07, 6.45) is 4.79. The lowest BCUT2D eigenvalue weighted by molar-refractivity contribution is 0.109. The topological polar surface area (TPSA) is 52.5 Å². The Bertz CT molecular complexity index is 622. The van der Waals surface area contributed by atoms with E-state index in [0.29, 0.717) is 12.5 Å². The van der Waals surface area contributed by atoms with Gasteiger partial charge in [0, 0.05) is 45.1 Å². The maximum Gasteiger partial charge on any atom is 0.147 e. The zero-order valence-corrected chi connectivity index (χ0v) is 14.5. The molecule has 128 valence electrons. The lowest BCUT2D eigenvalue weighted by Crippen LogP contribution is -2.47. The second-order valence-corrected chi connectivity index (χ2v) is 6.69. The van der Waals surface area contributed by atoms with Gasteiger partial charge in [-0.05, 0) is 17.0 Å². The Kier molecular flexibility index (Phi) is 5.43. The molecule has 0 radical (unpaired) electrons. The van der Waals surface area contributed by atoms with Crippen molar-refractivity contribution in [3.05, 3.63) is 54.0 Å². The highest BCUT2D eigenvalue weighted by Crippen LogP contribution is 2.20. The van der Waals surface area contributed by atoms with Gasteiger partial charge in [0.2, 0.25) is 0 Å². The molecule has 1 aromatic carbocycles. The van der Waals surface area contributed by atoms with Gasteiger partial charge in [0.05, 0.1) is 12.3 Å². The Balaban J connectivity index is 1.52. The van der Waals surface area contributed by atoms with Crippen molar-refractivity contribution in [1.29, 1.82) is 0 Å². The first kappa shape index (κ1) is 16.9. The van der Waals surface area contributed by atoms with E-state index in [1.165, 1.54) is 5.56 Å². The van der Waals surface area contributed by atoms with Gasteiger partial charge in [0.1, 0.15) is 5.82 Å².